The summed E-state index contributed by atoms with van der Waals surface area (Å²) in [5.41, 5.74) is 10.0. The smallest absolute Gasteiger partial charge is 0.159 e. The number of benzene rings is 3. The van der Waals surface area contributed by atoms with Gasteiger partial charge in [-0.05, 0) is 90.8 Å². The molecule has 0 saturated heterocycles. The molecule has 3 aromatic rings. The van der Waals surface area contributed by atoms with Gasteiger partial charge < -0.3 is 14.7 Å². The summed E-state index contributed by atoms with van der Waals surface area (Å²) in [5, 5.41) is 4.37. The Morgan fingerprint density at radius 1 is 0.432 bits per heavy atom. The molecule has 0 fully saturated rings. The molecular formula is C33H43N3Si. The van der Waals surface area contributed by atoms with Crippen molar-refractivity contribution in [3.05, 3.63) is 95.1 Å². The maximum Gasteiger partial charge on any atom is 0.159 e. The van der Waals surface area contributed by atoms with E-state index in [2.05, 4.69) is 157 Å². The van der Waals surface area contributed by atoms with Gasteiger partial charge in [-0.1, -0.05) is 47.5 Å². The van der Waals surface area contributed by atoms with Crippen molar-refractivity contribution < 1.29 is 0 Å². The quantitative estimate of drug-likeness (QED) is 0.311. The molecule has 0 saturated carbocycles. The summed E-state index contributed by atoms with van der Waals surface area (Å²) in [6, 6.07) is 28.2. The molecule has 0 aromatic heterocycles. The van der Waals surface area contributed by atoms with E-state index in [1.165, 1.54) is 54.9 Å². The van der Waals surface area contributed by atoms with Crippen molar-refractivity contribution >= 4 is 40.7 Å². The summed E-state index contributed by atoms with van der Waals surface area (Å²) in [5.74, 6) is 0. The molecule has 0 radical (unpaired) electrons. The Bertz CT molecular complexity index is 1160. The third kappa shape index (κ3) is 4.52. The summed E-state index contributed by atoms with van der Waals surface area (Å²) in [6.45, 7) is 9.37. The van der Waals surface area contributed by atoms with Gasteiger partial charge in [-0.3, -0.25) is 0 Å². The molecule has 0 N–H and O–H groups in total. The SMILES string of the molecule is CC1=C(C)C([Si](c2ccc(N(C)C)cc2)(c2ccc(N(C)C)cc2)c2ccc(N(C)C)cc2)C(C)=C1C. The van der Waals surface area contributed by atoms with Gasteiger partial charge in [0.1, 0.15) is 0 Å². The monoisotopic (exact) mass is 509 g/mol. The van der Waals surface area contributed by atoms with Crippen LogP contribution in [0.4, 0.5) is 17.1 Å². The predicted molar refractivity (Wildman–Crippen MR) is 167 cm³/mol. The molecule has 37 heavy (non-hydrogen) atoms. The summed E-state index contributed by atoms with van der Waals surface area (Å²) < 4.78 is 0. The van der Waals surface area contributed by atoms with E-state index in [0.29, 0.717) is 5.54 Å². The molecule has 1 aliphatic rings. The van der Waals surface area contributed by atoms with Gasteiger partial charge in [0.05, 0.1) is 0 Å². The summed E-state index contributed by atoms with van der Waals surface area (Å²) in [4.78, 5) is 6.56. The Labute approximate surface area is 225 Å². The van der Waals surface area contributed by atoms with Crippen LogP contribution >= 0.6 is 0 Å². The minimum atomic E-state index is -2.54. The largest absolute Gasteiger partial charge is 0.378 e. The average Bonchev–Trinajstić information content (AvgIpc) is 3.08. The van der Waals surface area contributed by atoms with Gasteiger partial charge >= 0.3 is 0 Å². The minimum absolute atomic E-state index is 0.369. The minimum Gasteiger partial charge on any atom is -0.378 e. The zero-order valence-corrected chi connectivity index (χ0v) is 25.3. The van der Waals surface area contributed by atoms with Gasteiger partial charge in [0, 0.05) is 64.9 Å². The number of allylic oxidation sites excluding steroid dienone is 4. The lowest BCUT2D eigenvalue weighted by Crippen LogP contribution is -2.70. The van der Waals surface area contributed by atoms with Gasteiger partial charge in [-0.15, -0.1) is 0 Å². The molecule has 4 rings (SSSR count). The van der Waals surface area contributed by atoms with Crippen LogP contribution in [-0.2, 0) is 0 Å². The van der Waals surface area contributed by atoms with E-state index in [-0.39, 0.29) is 0 Å². The number of hydrogen-bond acceptors (Lipinski definition) is 3. The zero-order chi connectivity index (χ0) is 27.1. The lowest BCUT2D eigenvalue weighted by Gasteiger charge is -2.41. The van der Waals surface area contributed by atoms with Crippen LogP contribution in [-0.4, -0.2) is 50.4 Å². The van der Waals surface area contributed by atoms with Crippen molar-refractivity contribution in [2.45, 2.75) is 33.2 Å². The standard InChI is InChI=1S/C33H43N3Si/c1-23-24(2)26(4)33(25(23)3)37(30-17-11-27(12-18-30)34(5)6,31-19-13-28(14-20-31)35(7)8)32-21-15-29(16-22-32)36(9)10/h11-22,33H,1-10H3. The van der Waals surface area contributed by atoms with E-state index in [0.717, 1.165) is 0 Å². The molecule has 0 heterocycles. The highest BCUT2D eigenvalue weighted by Crippen LogP contribution is 2.46. The molecule has 0 amide bonds. The second kappa shape index (κ2) is 10.3. The molecule has 0 aliphatic heterocycles. The number of rotatable bonds is 7. The Kier molecular flexibility index (Phi) is 7.43. The molecule has 4 heteroatoms. The molecule has 0 unspecified atom stereocenters. The molecule has 0 atom stereocenters. The molecule has 3 aromatic carbocycles. The number of anilines is 3. The third-order valence-electron chi connectivity index (χ3n) is 8.56. The van der Waals surface area contributed by atoms with E-state index in [4.69, 9.17) is 0 Å². The number of nitrogens with zero attached hydrogens (tertiary/aromatic N) is 3. The van der Waals surface area contributed by atoms with E-state index in [1.54, 1.807) is 0 Å². The predicted octanol–water partition coefficient (Wildman–Crippen LogP) is 5.41. The van der Waals surface area contributed by atoms with Crippen LogP contribution in [0.5, 0.6) is 0 Å². The van der Waals surface area contributed by atoms with Gasteiger partial charge in [0.25, 0.3) is 0 Å². The second-order valence-electron chi connectivity index (χ2n) is 11.2. The van der Waals surface area contributed by atoms with Crippen molar-refractivity contribution in [3.8, 4) is 0 Å². The Morgan fingerprint density at radius 3 is 0.892 bits per heavy atom. The molecule has 0 bridgehead atoms. The van der Waals surface area contributed by atoms with Crippen molar-refractivity contribution in [1.82, 2.24) is 0 Å². The van der Waals surface area contributed by atoms with Gasteiger partial charge in [-0.25, -0.2) is 0 Å². The van der Waals surface area contributed by atoms with Gasteiger partial charge in [0.2, 0.25) is 0 Å². The zero-order valence-electron chi connectivity index (χ0n) is 24.3. The first-order chi connectivity index (χ1) is 17.5. The summed E-state index contributed by atoms with van der Waals surface area (Å²) >= 11 is 0. The maximum atomic E-state index is 2.41. The summed E-state index contributed by atoms with van der Waals surface area (Å²) in [7, 11) is 10.1. The fraction of sp³-hybridized carbons (Fsp3) is 0.333. The fourth-order valence-electron chi connectivity index (χ4n) is 6.07. The van der Waals surface area contributed by atoms with Crippen LogP contribution in [0, 0.1) is 0 Å². The molecule has 3 nitrogen and oxygen atoms in total. The summed E-state index contributed by atoms with van der Waals surface area (Å²) in [6.07, 6.45) is 0. The number of hydrogen-bond donors (Lipinski definition) is 0. The van der Waals surface area contributed by atoms with Crippen molar-refractivity contribution in [2.24, 2.45) is 0 Å². The topological polar surface area (TPSA) is 9.72 Å². The Balaban J connectivity index is 2.11. The highest BCUT2D eigenvalue weighted by Gasteiger charge is 2.50. The van der Waals surface area contributed by atoms with Crippen molar-refractivity contribution in [2.75, 3.05) is 57.0 Å². The van der Waals surface area contributed by atoms with E-state index >= 15 is 0 Å². The van der Waals surface area contributed by atoms with Gasteiger partial charge in [0.15, 0.2) is 8.07 Å². The van der Waals surface area contributed by atoms with Crippen LogP contribution in [0.3, 0.4) is 0 Å². The normalized spacial score (nSPS) is 14.4. The van der Waals surface area contributed by atoms with E-state index in [1.807, 2.05) is 0 Å². The van der Waals surface area contributed by atoms with E-state index < -0.39 is 8.07 Å². The lowest BCUT2D eigenvalue weighted by atomic mass is 10.1. The van der Waals surface area contributed by atoms with Gasteiger partial charge in [-0.2, -0.15) is 0 Å². The first-order valence-corrected chi connectivity index (χ1v) is 15.3. The lowest BCUT2D eigenvalue weighted by molar-refractivity contribution is 1.09. The highest BCUT2D eigenvalue weighted by atomic mass is 28.3. The van der Waals surface area contributed by atoms with Crippen LogP contribution in [0.1, 0.15) is 27.7 Å². The van der Waals surface area contributed by atoms with Crippen LogP contribution < -0.4 is 30.3 Å². The first-order valence-electron chi connectivity index (χ1n) is 13.2. The molecular weight excluding hydrogens is 466 g/mol. The van der Waals surface area contributed by atoms with E-state index in [9.17, 15) is 0 Å². The highest BCUT2D eigenvalue weighted by molar-refractivity contribution is 7.13. The second-order valence-corrected chi connectivity index (χ2v) is 15.1. The first kappa shape index (κ1) is 26.8. The maximum absolute atomic E-state index is 2.54. The van der Waals surface area contributed by atoms with Crippen LogP contribution in [0.2, 0.25) is 5.54 Å². The van der Waals surface area contributed by atoms with Crippen molar-refractivity contribution in [1.29, 1.82) is 0 Å². The third-order valence-corrected chi connectivity index (χ3v) is 14.0. The molecule has 1 aliphatic carbocycles. The fourth-order valence-corrected chi connectivity index (χ4v) is 11.9. The Hall–Kier alpha value is -3.24. The van der Waals surface area contributed by atoms with Crippen LogP contribution in [0.15, 0.2) is 95.1 Å². The van der Waals surface area contributed by atoms with Crippen LogP contribution in [0.25, 0.3) is 0 Å². The molecule has 194 valence electrons. The molecule has 0 spiro atoms. The Morgan fingerprint density at radius 2 is 0.676 bits per heavy atom. The van der Waals surface area contributed by atoms with Crippen molar-refractivity contribution in [3.63, 3.8) is 0 Å². The average molecular weight is 510 g/mol.